The smallest absolute Gasteiger partial charge is 0.301 e. The van der Waals surface area contributed by atoms with Crippen LogP contribution in [0.4, 0.5) is 10.8 Å². The Morgan fingerprint density at radius 3 is 2.59 bits per heavy atom. The number of rotatable bonds is 5. The highest BCUT2D eigenvalue weighted by Gasteiger charge is 2.48. The first-order valence-electron chi connectivity index (χ1n) is 9.93. The average molecular weight is 494 g/mol. The van der Waals surface area contributed by atoms with Gasteiger partial charge in [-0.2, -0.15) is 0 Å². The average Bonchev–Trinajstić information content (AvgIpc) is 3.57. The summed E-state index contributed by atoms with van der Waals surface area (Å²) in [4.78, 5) is 43.3. The van der Waals surface area contributed by atoms with E-state index in [0.717, 1.165) is 11.3 Å². The first-order chi connectivity index (χ1) is 16.4. The predicted octanol–water partition coefficient (Wildman–Crippen LogP) is 4.90. The van der Waals surface area contributed by atoms with Crippen molar-refractivity contribution in [3.8, 4) is 5.75 Å². The number of carbonyl (C=O) groups excluding carboxylic acids is 2. The van der Waals surface area contributed by atoms with Gasteiger partial charge in [-0.05, 0) is 41.8 Å². The van der Waals surface area contributed by atoms with Gasteiger partial charge >= 0.3 is 5.91 Å². The highest BCUT2D eigenvalue weighted by Crippen LogP contribution is 2.45. The van der Waals surface area contributed by atoms with Crippen molar-refractivity contribution >= 4 is 61.2 Å². The first kappa shape index (κ1) is 21.7. The Bertz CT molecular complexity index is 1470. The zero-order valence-electron chi connectivity index (χ0n) is 17.5. The van der Waals surface area contributed by atoms with E-state index >= 15 is 0 Å². The van der Waals surface area contributed by atoms with Crippen LogP contribution in [0.25, 0.3) is 16.0 Å². The Morgan fingerprint density at radius 1 is 1.18 bits per heavy atom. The van der Waals surface area contributed by atoms with Crippen LogP contribution in [0.1, 0.15) is 16.5 Å². The highest BCUT2D eigenvalue weighted by atomic mass is 32.1. The number of fused-ring (bicyclic) bond motifs is 1. The third-order valence-electron chi connectivity index (χ3n) is 5.40. The summed E-state index contributed by atoms with van der Waals surface area (Å²) < 4.78 is 5.65. The van der Waals surface area contributed by atoms with Crippen LogP contribution in [0.3, 0.4) is 0 Å². The second-order valence-electron chi connectivity index (χ2n) is 7.32. The number of aromatic nitrogens is 1. The number of thiazole rings is 1. The number of ether oxygens (including phenoxy) is 1. The number of methoxy groups -OCH3 is 1. The van der Waals surface area contributed by atoms with Crippen molar-refractivity contribution < 1.29 is 24.4 Å². The summed E-state index contributed by atoms with van der Waals surface area (Å²) in [6.07, 6.45) is 0. The van der Waals surface area contributed by atoms with Gasteiger partial charge in [0.05, 0.1) is 27.8 Å². The zero-order chi connectivity index (χ0) is 24.0. The van der Waals surface area contributed by atoms with Crippen LogP contribution in [0, 0.1) is 10.1 Å². The molecule has 1 saturated heterocycles. The maximum atomic E-state index is 13.2. The lowest BCUT2D eigenvalue weighted by Crippen LogP contribution is -2.28. The number of aliphatic hydroxyl groups is 1. The van der Waals surface area contributed by atoms with Crippen molar-refractivity contribution in [2.45, 2.75) is 6.04 Å². The standard InChI is InChI=1S/C23H15N3O6S2/c1-32-14-7-4-12(5-8-14)20(27)18-19(16-3-2-10-33-16)25(22(29)21(18)28)23-24-15-9-6-13(26(30)31)11-17(15)34-23/h2-11,19,27H,1H3/b20-18+. The lowest BCUT2D eigenvalue weighted by atomic mass is 10.00. The van der Waals surface area contributed by atoms with E-state index in [1.807, 2.05) is 5.38 Å². The fourth-order valence-corrected chi connectivity index (χ4v) is 5.62. The van der Waals surface area contributed by atoms with Crippen LogP contribution in [0.15, 0.2) is 65.6 Å². The number of nitro groups is 1. The minimum absolute atomic E-state index is 0.0529. The largest absolute Gasteiger partial charge is 0.507 e. The van der Waals surface area contributed by atoms with Crippen molar-refractivity contribution in [2.24, 2.45) is 0 Å². The first-order valence-corrected chi connectivity index (χ1v) is 11.6. The Kier molecular flexibility index (Phi) is 5.34. The van der Waals surface area contributed by atoms with Gasteiger partial charge < -0.3 is 9.84 Å². The molecule has 1 N–H and O–H groups in total. The minimum atomic E-state index is -0.891. The summed E-state index contributed by atoms with van der Waals surface area (Å²) in [7, 11) is 1.52. The molecule has 0 bridgehead atoms. The number of carbonyl (C=O) groups is 2. The molecule has 1 amide bonds. The summed E-state index contributed by atoms with van der Waals surface area (Å²) in [5, 5.41) is 24.3. The quantitative estimate of drug-likeness (QED) is 0.138. The van der Waals surface area contributed by atoms with E-state index < -0.39 is 22.7 Å². The number of nitro benzene ring substituents is 1. The van der Waals surface area contributed by atoms with Crippen LogP contribution in [0.2, 0.25) is 0 Å². The highest BCUT2D eigenvalue weighted by molar-refractivity contribution is 7.22. The van der Waals surface area contributed by atoms with Gasteiger partial charge in [-0.15, -0.1) is 11.3 Å². The van der Waals surface area contributed by atoms with Crippen LogP contribution >= 0.6 is 22.7 Å². The Balaban J connectivity index is 1.67. The molecule has 1 atom stereocenters. The molecule has 11 heteroatoms. The Labute approximate surface area is 200 Å². The van der Waals surface area contributed by atoms with Crippen molar-refractivity contribution in [1.29, 1.82) is 0 Å². The molecule has 5 rings (SSSR count). The van der Waals surface area contributed by atoms with E-state index in [2.05, 4.69) is 4.98 Å². The van der Waals surface area contributed by atoms with Gasteiger partial charge in [0.2, 0.25) is 0 Å². The number of non-ortho nitro benzene ring substituents is 1. The van der Waals surface area contributed by atoms with Crippen molar-refractivity contribution in [1.82, 2.24) is 4.98 Å². The van der Waals surface area contributed by atoms with Gasteiger partial charge in [-0.3, -0.25) is 24.6 Å². The number of aliphatic hydroxyl groups excluding tert-OH is 1. The molecule has 9 nitrogen and oxygen atoms in total. The number of thiophene rings is 1. The van der Waals surface area contributed by atoms with E-state index in [1.54, 1.807) is 36.4 Å². The number of ketones is 1. The van der Waals surface area contributed by atoms with Crippen molar-refractivity contribution in [2.75, 3.05) is 12.0 Å². The van der Waals surface area contributed by atoms with Crippen molar-refractivity contribution in [3.05, 3.63) is 86.1 Å². The summed E-state index contributed by atoms with van der Waals surface area (Å²) >= 11 is 2.40. The number of anilines is 1. The molecule has 1 unspecified atom stereocenters. The molecule has 2 aromatic heterocycles. The normalized spacial score (nSPS) is 17.4. The van der Waals surface area contributed by atoms with Crippen LogP contribution in [-0.4, -0.2) is 33.8 Å². The summed E-state index contributed by atoms with van der Waals surface area (Å²) in [5.74, 6) is -1.40. The van der Waals surface area contributed by atoms with Crippen LogP contribution in [-0.2, 0) is 9.59 Å². The number of benzene rings is 2. The molecule has 34 heavy (non-hydrogen) atoms. The SMILES string of the molecule is COc1ccc(/C(O)=C2\C(=O)C(=O)N(c3nc4ccc([N+](=O)[O-])cc4s3)C2c2cccs2)cc1. The lowest BCUT2D eigenvalue weighted by molar-refractivity contribution is -0.384. The second kappa shape index (κ2) is 8.36. The van der Waals surface area contributed by atoms with E-state index in [0.29, 0.717) is 26.4 Å². The second-order valence-corrected chi connectivity index (χ2v) is 9.31. The van der Waals surface area contributed by atoms with Gasteiger partial charge in [0.1, 0.15) is 17.6 Å². The van der Waals surface area contributed by atoms with Gasteiger partial charge in [0, 0.05) is 22.6 Å². The zero-order valence-corrected chi connectivity index (χ0v) is 19.1. The predicted molar refractivity (Wildman–Crippen MR) is 128 cm³/mol. The summed E-state index contributed by atoms with van der Waals surface area (Å²) in [6.45, 7) is 0. The molecule has 0 radical (unpaired) electrons. The van der Waals surface area contributed by atoms with E-state index in [4.69, 9.17) is 4.74 Å². The molecule has 0 aliphatic carbocycles. The van der Waals surface area contributed by atoms with Crippen LogP contribution < -0.4 is 9.64 Å². The summed E-state index contributed by atoms with van der Waals surface area (Å²) in [6, 6.07) is 13.4. The van der Waals surface area contributed by atoms with Crippen LogP contribution in [0.5, 0.6) is 5.75 Å². The van der Waals surface area contributed by atoms with Crippen molar-refractivity contribution in [3.63, 3.8) is 0 Å². The van der Waals surface area contributed by atoms with Gasteiger partial charge in [-0.1, -0.05) is 17.4 Å². The molecule has 4 aromatic rings. The fraction of sp³-hybridized carbons (Fsp3) is 0.0870. The molecule has 1 aliphatic rings. The fourth-order valence-electron chi connectivity index (χ4n) is 3.77. The molecule has 0 saturated carbocycles. The van der Waals surface area contributed by atoms with E-state index in [-0.39, 0.29) is 22.2 Å². The third-order valence-corrected chi connectivity index (χ3v) is 7.34. The number of nitrogens with zero attached hydrogens (tertiary/aromatic N) is 3. The molecule has 1 aliphatic heterocycles. The Hall–Kier alpha value is -4.09. The topological polar surface area (TPSA) is 123 Å². The third kappa shape index (κ3) is 3.51. The number of hydrogen-bond acceptors (Lipinski definition) is 9. The Morgan fingerprint density at radius 2 is 1.94 bits per heavy atom. The maximum absolute atomic E-state index is 13.2. The molecule has 2 aromatic carbocycles. The molecular weight excluding hydrogens is 478 g/mol. The van der Waals surface area contributed by atoms with E-state index in [9.17, 15) is 24.8 Å². The molecule has 170 valence electrons. The van der Waals surface area contributed by atoms with Gasteiger partial charge in [-0.25, -0.2) is 4.98 Å². The lowest BCUT2D eigenvalue weighted by Gasteiger charge is -2.21. The molecule has 0 spiro atoms. The number of amides is 1. The molecule has 3 heterocycles. The van der Waals surface area contributed by atoms with Gasteiger partial charge in [0.15, 0.2) is 5.13 Å². The maximum Gasteiger partial charge on any atom is 0.301 e. The molecule has 1 fully saturated rings. The molecular formula is C23H15N3O6S2. The van der Waals surface area contributed by atoms with Gasteiger partial charge in [0.25, 0.3) is 11.5 Å². The number of Topliss-reactive ketones (excluding diaryl/α,β-unsaturated/α-hetero) is 1. The van der Waals surface area contributed by atoms with E-state index in [1.165, 1.54) is 41.5 Å². The number of hydrogen-bond donors (Lipinski definition) is 1. The summed E-state index contributed by atoms with van der Waals surface area (Å²) in [5.41, 5.74) is 0.676. The minimum Gasteiger partial charge on any atom is -0.507 e. The monoisotopic (exact) mass is 493 g/mol.